The smallest absolute Gasteiger partial charge is 0.408 e. The number of hydrogen-bond acceptors (Lipinski definition) is 5. The highest BCUT2D eigenvalue weighted by Gasteiger charge is 2.24. The number of hydrogen-bond donors (Lipinski definition) is 2. The number of nitrogens with zero attached hydrogens (tertiary/aromatic N) is 2. The highest BCUT2D eigenvalue weighted by Crippen LogP contribution is 2.20. The van der Waals surface area contributed by atoms with Gasteiger partial charge in [-0.1, -0.05) is 54.1 Å². The zero-order chi connectivity index (χ0) is 24.0. The van der Waals surface area contributed by atoms with E-state index in [0.29, 0.717) is 5.56 Å². The fourth-order valence-corrected chi connectivity index (χ4v) is 3.31. The number of alkyl carbamates (subject to hydrolysis) is 1. The minimum atomic E-state index is -0.882. The molecule has 1 unspecified atom stereocenters. The second-order valence-electron chi connectivity index (χ2n) is 8.69. The molecule has 3 aromatic rings. The molecule has 1 atom stereocenters. The van der Waals surface area contributed by atoms with E-state index in [2.05, 4.69) is 20.8 Å². The number of halogens is 1. The van der Waals surface area contributed by atoms with Gasteiger partial charge in [0.2, 0.25) is 0 Å². The summed E-state index contributed by atoms with van der Waals surface area (Å²) in [6.07, 6.45) is 1.03. The van der Waals surface area contributed by atoms with Crippen LogP contribution in [0.3, 0.4) is 0 Å². The first-order valence-corrected chi connectivity index (χ1v) is 10.9. The third-order valence-corrected chi connectivity index (χ3v) is 4.92. The van der Waals surface area contributed by atoms with Gasteiger partial charge >= 0.3 is 6.09 Å². The molecule has 0 bridgehead atoms. The molecule has 0 saturated heterocycles. The molecule has 2 amide bonds. The number of aromatic nitrogens is 1. The number of amides is 2. The van der Waals surface area contributed by atoms with Crippen LogP contribution in [0.4, 0.5) is 4.79 Å². The number of benzene rings is 2. The number of hydrazone groups is 1. The zero-order valence-corrected chi connectivity index (χ0v) is 19.8. The molecule has 0 aliphatic heterocycles. The molecular weight excluding hydrogens is 440 g/mol. The summed E-state index contributed by atoms with van der Waals surface area (Å²) in [5.41, 5.74) is 5.11. The highest BCUT2D eigenvalue weighted by molar-refractivity contribution is 6.32. The van der Waals surface area contributed by atoms with Gasteiger partial charge in [0.15, 0.2) is 0 Å². The Bertz CT molecular complexity index is 1170. The lowest BCUT2D eigenvalue weighted by atomic mass is 10.1. The topological polar surface area (TPSA) is 92.7 Å². The number of aryl methyl sites for hydroxylation is 1. The van der Waals surface area contributed by atoms with Crippen LogP contribution >= 0.6 is 11.6 Å². The maximum absolute atomic E-state index is 12.8. The normalized spacial score (nSPS) is 12.5. The van der Waals surface area contributed by atoms with Crippen LogP contribution in [0.1, 0.15) is 37.5 Å². The van der Waals surface area contributed by atoms with Gasteiger partial charge in [0.1, 0.15) is 16.8 Å². The van der Waals surface area contributed by atoms with Crippen molar-refractivity contribution in [2.45, 2.75) is 45.8 Å². The van der Waals surface area contributed by atoms with Crippen molar-refractivity contribution in [2.75, 3.05) is 0 Å². The molecule has 2 N–H and O–H groups in total. The Labute approximate surface area is 198 Å². The standard InChI is InChI=1S/C25H27ClN4O3/c1-16-10-11-18-14-19(22(26)28-20(18)12-16)15-27-30-23(31)21(13-17-8-6-5-7-9-17)29-24(32)33-25(2,3)4/h5-12,14-15,21H,13H2,1-4H3,(H,29,32)(H,30,31). The van der Waals surface area contributed by atoms with Crippen LogP contribution < -0.4 is 10.7 Å². The van der Waals surface area contributed by atoms with E-state index in [1.165, 1.54) is 6.21 Å². The minimum Gasteiger partial charge on any atom is -0.444 e. The molecule has 0 aliphatic rings. The number of pyridine rings is 1. The van der Waals surface area contributed by atoms with E-state index in [1.54, 1.807) is 20.8 Å². The zero-order valence-electron chi connectivity index (χ0n) is 19.1. The lowest BCUT2D eigenvalue weighted by Gasteiger charge is -2.23. The summed E-state index contributed by atoms with van der Waals surface area (Å²) in [5.74, 6) is -0.485. The first-order valence-electron chi connectivity index (χ1n) is 10.5. The van der Waals surface area contributed by atoms with Crippen molar-refractivity contribution in [1.82, 2.24) is 15.7 Å². The summed E-state index contributed by atoms with van der Waals surface area (Å²) in [5, 5.41) is 7.84. The van der Waals surface area contributed by atoms with Crippen molar-refractivity contribution in [2.24, 2.45) is 5.10 Å². The molecule has 0 saturated carbocycles. The molecule has 33 heavy (non-hydrogen) atoms. The van der Waals surface area contributed by atoms with Gasteiger partial charge in [-0.05, 0) is 51.0 Å². The Morgan fingerprint density at radius 3 is 2.58 bits per heavy atom. The van der Waals surface area contributed by atoms with Gasteiger partial charge in [-0.15, -0.1) is 0 Å². The van der Waals surface area contributed by atoms with Gasteiger partial charge in [-0.3, -0.25) is 4.79 Å². The van der Waals surface area contributed by atoms with Crippen LogP contribution in [0.2, 0.25) is 5.15 Å². The van der Waals surface area contributed by atoms with Crippen molar-refractivity contribution in [3.63, 3.8) is 0 Å². The van der Waals surface area contributed by atoms with Gasteiger partial charge < -0.3 is 10.1 Å². The quantitative estimate of drug-likeness (QED) is 0.310. The number of fused-ring (bicyclic) bond motifs is 1. The lowest BCUT2D eigenvalue weighted by Crippen LogP contribution is -2.48. The molecule has 0 aliphatic carbocycles. The Morgan fingerprint density at radius 2 is 1.88 bits per heavy atom. The van der Waals surface area contributed by atoms with Crippen LogP contribution in [0.5, 0.6) is 0 Å². The first-order chi connectivity index (χ1) is 15.6. The predicted molar refractivity (Wildman–Crippen MR) is 131 cm³/mol. The summed E-state index contributed by atoms with van der Waals surface area (Å²) >= 11 is 6.28. The molecule has 2 aromatic carbocycles. The molecular formula is C25H27ClN4O3. The van der Waals surface area contributed by atoms with E-state index >= 15 is 0 Å². The van der Waals surface area contributed by atoms with E-state index in [-0.39, 0.29) is 11.6 Å². The third-order valence-electron chi connectivity index (χ3n) is 4.62. The van der Waals surface area contributed by atoms with E-state index in [1.807, 2.05) is 61.5 Å². The predicted octanol–water partition coefficient (Wildman–Crippen LogP) is 4.78. The summed E-state index contributed by atoms with van der Waals surface area (Å²) in [6.45, 7) is 7.25. The third kappa shape index (κ3) is 7.29. The highest BCUT2D eigenvalue weighted by atomic mass is 35.5. The first kappa shape index (κ1) is 24.2. The van der Waals surface area contributed by atoms with Crippen molar-refractivity contribution in [1.29, 1.82) is 0 Å². The molecule has 1 heterocycles. The Balaban J connectivity index is 1.73. The maximum atomic E-state index is 12.8. The largest absolute Gasteiger partial charge is 0.444 e. The average molecular weight is 467 g/mol. The van der Waals surface area contributed by atoms with E-state index < -0.39 is 23.6 Å². The molecule has 3 rings (SSSR count). The van der Waals surface area contributed by atoms with Crippen molar-refractivity contribution in [3.8, 4) is 0 Å². The second kappa shape index (κ2) is 10.4. The van der Waals surface area contributed by atoms with Crippen LogP contribution in [-0.2, 0) is 16.0 Å². The molecule has 0 radical (unpaired) electrons. The lowest BCUT2D eigenvalue weighted by molar-refractivity contribution is -0.123. The number of carbonyl (C=O) groups is 2. The fraction of sp³-hybridized carbons (Fsp3) is 0.280. The van der Waals surface area contributed by atoms with E-state index in [9.17, 15) is 9.59 Å². The van der Waals surface area contributed by atoms with Gasteiger partial charge in [-0.2, -0.15) is 5.10 Å². The van der Waals surface area contributed by atoms with Crippen LogP contribution in [0.25, 0.3) is 10.9 Å². The van der Waals surface area contributed by atoms with Crippen LogP contribution in [0.15, 0.2) is 59.7 Å². The Hall–Kier alpha value is -3.45. The number of nitrogens with one attached hydrogen (secondary N) is 2. The van der Waals surface area contributed by atoms with Crippen LogP contribution in [-0.4, -0.2) is 34.8 Å². The Kier molecular flexibility index (Phi) is 7.66. The monoisotopic (exact) mass is 466 g/mol. The fourth-order valence-electron chi connectivity index (χ4n) is 3.11. The van der Waals surface area contributed by atoms with Gasteiger partial charge in [-0.25, -0.2) is 15.2 Å². The summed E-state index contributed by atoms with van der Waals surface area (Å²) in [7, 11) is 0. The van der Waals surface area contributed by atoms with E-state index in [0.717, 1.165) is 22.0 Å². The van der Waals surface area contributed by atoms with Crippen molar-refractivity contribution in [3.05, 3.63) is 76.4 Å². The number of ether oxygens (including phenoxy) is 1. The average Bonchev–Trinajstić information content (AvgIpc) is 2.73. The second-order valence-corrected chi connectivity index (χ2v) is 9.05. The molecule has 0 fully saturated rings. The summed E-state index contributed by atoms with van der Waals surface area (Å²) in [6, 6.07) is 16.2. The maximum Gasteiger partial charge on any atom is 0.408 e. The van der Waals surface area contributed by atoms with Gasteiger partial charge in [0, 0.05) is 17.4 Å². The number of rotatable bonds is 6. The van der Waals surface area contributed by atoms with Crippen LogP contribution in [0, 0.1) is 6.92 Å². The molecule has 1 aromatic heterocycles. The van der Waals surface area contributed by atoms with E-state index in [4.69, 9.17) is 16.3 Å². The number of carbonyl (C=O) groups excluding carboxylic acids is 2. The summed E-state index contributed by atoms with van der Waals surface area (Å²) < 4.78 is 5.30. The minimum absolute atomic E-state index is 0.277. The molecule has 0 spiro atoms. The van der Waals surface area contributed by atoms with Crippen molar-refractivity contribution >= 4 is 40.7 Å². The summed E-state index contributed by atoms with van der Waals surface area (Å²) in [4.78, 5) is 29.5. The molecule has 7 nitrogen and oxygen atoms in total. The van der Waals surface area contributed by atoms with Crippen molar-refractivity contribution < 1.29 is 14.3 Å². The van der Waals surface area contributed by atoms with Gasteiger partial charge in [0.05, 0.1) is 11.7 Å². The molecule has 172 valence electrons. The van der Waals surface area contributed by atoms with Gasteiger partial charge in [0.25, 0.3) is 5.91 Å². The SMILES string of the molecule is Cc1ccc2cc(C=NNC(=O)C(Cc3ccccc3)NC(=O)OC(C)(C)C)c(Cl)nc2c1. The Morgan fingerprint density at radius 1 is 1.15 bits per heavy atom. The molecule has 8 heteroatoms.